The molecule has 1 aromatic carbocycles. The van der Waals surface area contributed by atoms with Gasteiger partial charge in [-0.25, -0.2) is 0 Å². The topological polar surface area (TPSA) is 47.9 Å². The molecule has 88 valence electrons. The molecule has 1 heterocycles. The molecule has 4 nitrogen and oxygen atoms in total. The second-order valence-electron chi connectivity index (χ2n) is 2.93. The Labute approximate surface area is 116 Å². The van der Waals surface area contributed by atoms with E-state index in [4.69, 9.17) is 16.3 Å². The second-order valence-corrected chi connectivity index (χ2v) is 5.23. The molecule has 0 atom stereocenters. The molecule has 0 unspecified atom stereocenters. The largest absolute Gasteiger partial charge is 0.467 e. The molecule has 0 fully saturated rings. The summed E-state index contributed by atoms with van der Waals surface area (Å²) in [6, 6.07) is 8.02. The van der Waals surface area contributed by atoms with Crippen LogP contribution in [0.25, 0.3) is 0 Å². The molecule has 0 N–H and O–H groups in total. The van der Waals surface area contributed by atoms with Gasteiger partial charge in [-0.3, -0.25) is 0 Å². The lowest BCUT2D eigenvalue weighted by atomic mass is 10.4. The van der Waals surface area contributed by atoms with Crippen LogP contribution >= 0.6 is 39.3 Å². The first-order valence-corrected chi connectivity index (χ1v) is 6.55. The van der Waals surface area contributed by atoms with E-state index in [1.54, 1.807) is 0 Å². The van der Waals surface area contributed by atoms with Gasteiger partial charge in [0.05, 0.1) is 7.11 Å². The molecule has 2 aromatic rings. The first kappa shape index (κ1) is 12.6. The van der Waals surface area contributed by atoms with Gasteiger partial charge >= 0.3 is 6.01 Å². The second kappa shape index (κ2) is 5.66. The molecule has 0 aliphatic rings. The van der Waals surface area contributed by atoms with Crippen molar-refractivity contribution in [1.29, 1.82) is 0 Å². The van der Waals surface area contributed by atoms with Crippen molar-refractivity contribution in [3.8, 4) is 6.01 Å². The predicted octanol–water partition coefficient (Wildman–Crippen LogP) is 3.45. The molecule has 0 saturated carbocycles. The van der Waals surface area contributed by atoms with Gasteiger partial charge in [-0.15, -0.1) is 0 Å². The van der Waals surface area contributed by atoms with Crippen LogP contribution in [0.1, 0.15) is 0 Å². The molecule has 0 spiro atoms. The fourth-order valence-electron chi connectivity index (χ4n) is 1.09. The van der Waals surface area contributed by atoms with Gasteiger partial charge in [-0.2, -0.15) is 15.0 Å². The Balaban J connectivity index is 2.26. The van der Waals surface area contributed by atoms with Crippen molar-refractivity contribution in [2.45, 2.75) is 10.1 Å². The summed E-state index contributed by atoms with van der Waals surface area (Å²) in [5, 5.41) is 0.620. The quantitative estimate of drug-likeness (QED) is 0.861. The predicted molar refractivity (Wildman–Crippen MR) is 69.7 cm³/mol. The fraction of sp³-hybridized carbons (Fsp3) is 0.100. The molecule has 2 rings (SSSR count). The zero-order valence-electron chi connectivity index (χ0n) is 8.72. The van der Waals surface area contributed by atoms with Gasteiger partial charge in [-0.05, 0) is 41.6 Å². The van der Waals surface area contributed by atoms with Crippen LogP contribution in [0.4, 0.5) is 0 Å². The maximum atomic E-state index is 5.76. The van der Waals surface area contributed by atoms with Crippen molar-refractivity contribution in [2.24, 2.45) is 0 Å². The van der Waals surface area contributed by atoms with E-state index in [2.05, 4.69) is 30.9 Å². The molecular weight excluding hydrogens is 326 g/mol. The van der Waals surface area contributed by atoms with Gasteiger partial charge in [0.1, 0.15) is 0 Å². The summed E-state index contributed by atoms with van der Waals surface area (Å²) >= 11 is 10.6. The van der Waals surface area contributed by atoms with Gasteiger partial charge in [-0.1, -0.05) is 22.0 Å². The van der Waals surface area contributed by atoms with Crippen molar-refractivity contribution in [3.05, 3.63) is 34.0 Å². The van der Waals surface area contributed by atoms with Gasteiger partial charge in [0, 0.05) is 9.37 Å². The lowest BCUT2D eigenvalue weighted by Gasteiger charge is -2.02. The first-order chi connectivity index (χ1) is 8.17. The Morgan fingerprint density at radius 3 is 2.82 bits per heavy atom. The summed E-state index contributed by atoms with van der Waals surface area (Å²) in [5.41, 5.74) is 0. The Hall–Kier alpha value is -0.850. The van der Waals surface area contributed by atoms with Crippen LogP contribution in [-0.4, -0.2) is 22.1 Å². The summed E-state index contributed by atoms with van der Waals surface area (Å²) in [4.78, 5) is 12.9. The van der Waals surface area contributed by atoms with E-state index in [0.29, 0.717) is 5.16 Å². The average Bonchev–Trinajstić information content (AvgIpc) is 2.28. The SMILES string of the molecule is COc1nc(Cl)nc(Sc2cccc(Br)c2)n1. The Kier molecular flexibility index (Phi) is 4.20. The van der Waals surface area contributed by atoms with Crippen LogP contribution < -0.4 is 4.74 Å². The van der Waals surface area contributed by atoms with E-state index in [-0.39, 0.29) is 11.3 Å². The Morgan fingerprint density at radius 2 is 2.12 bits per heavy atom. The summed E-state index contributed by atoms with van der Waals surface area (Å²) in [5.74, 6) is 0. The minimum atomic E-state index is 0.120. The highest BCUT2D eigenvalue weighted by atomic mass is 79.9. The fourth-order valence-corrected chi connectivity index (χ4v) is 2.64. The molecule has 0 saturated heterocycles. The van der Waals surface area contributed by atoms with E-state index in [9.17, 15) is 0 Å². The molecule has 1 aromatic heterocycles. The molecular formula is C10H7BrClN3OS. The van der Waals surface area contributed by atoms with E-state index in [0.717, 1.165) is 9.37 Å². The third kappa shape index (κ3) is 3.55. The highest BCUT2D eigenvalue weighted by Crippen LogP contribution is 2.28. The minimum Gasteiger partial charge on any atom is -0.467 e. The molecule has 0 bridgehead atoms. The Morgan fingerprint density at radius 1 is 1.29 bits per heavy atom. The number of ether oxygens (including phenoxy) is 1. The zero-order chi connectivity index (χ0) is 12.3. The maximum Gasteiger partial charge on any atom is 0.321 e. The van der Waals surface area contributed by atoms with Crippen molar-refractivity contribution >= 4 is 39.3 Å². The van der Waals surface area contributed by atoms with Crippen LogP contribution in [-0.2, 0) is 0 Å². The molecule has 7 heteroatoms. The van der Waals surface area contributed by atoms with Crippen molar-refractivity contribution in [2.75, 3.05) is 7.11 Å². The number of methoxy groups -OCH3 is 1. The number of halogens is 2. The monoisotopic (exact) mass is 331 g/mol. The highest BCUT2D eigenvalue weighted by Gasteiger charge is 2.07. The van der Waals surface area contributed by atoms with Crippen LogP contribution in [0.3, 0.4) is 0 Å². The minimum absolute atomic E-state index is 0.120. The summed E-state index contributed by atoms with van der Waals surface area (Å²) in [6.07, 6.45) is 0. The van der Waals surface area contributed by atoms with Gasteiger partial charge in [0.2, 0.25) is 5.28 Å². The normalized spacial score (nSPS) is 10.3. The van der Waals surface area contributed by atoms with Gasteiger partial charge < -0.3 is 4.74 Å². The lowest BCUT2D eigenvalue weighted by molar-refractivity contribution is 0.373. The van der Waals surface area contributed by atoms with Crippen LogP contribution in [0.5, 0.6) is 6.01 Å². The van der Waals surface area contributed by atoms with E-state index >= 15 is 0 Å². The number of hydrogen-bond donors (Lipinski definition) is 0. The third-order valence-electron chi connectivity index (χ3n) is 1.75. The summed E-state index contributed by atoms with van der Waals surface area (Å²) < 4.78 is 5.92. The van der Waals surface area contributed by atoms with Crippen molar-refractivity contribution in [3.63, 3.8) is 0 Å². The average molecular weight is 333 g/mol. The number of nitrogens with zero attached hydrogens (tertiary/aromatic N) is 3. The number of benzene rings is 1. The molecule has 0 aliphatic heterocycles. The lowest BCUT2D eigenvalue weighted by Crippen LogP contribution is -1.96. The van der Waals surface area contributed by atoms with Crippen LogP contribution in [0, 0.1) is 0 Å². The van der Waals surface area contributed by atoms with Crippen LogP contribution in [0.15, 0.2) is 38.8 Å². The first-order valence-electron chi connectivity index (χ1n) is 4.56. The number of rotatable bonds is 3. The van der Waals surface area contributed by atoms with Crippen molar-refractivity contribution < 1.29 is 4.74 Å². The molecule has 17 heavy (non-hydrogen) atoms. The van der Waals surface area contributed by atoms with E-state index in [1.165, 1.54) is 18.9 Å². The maximum absolute atomic E-state index is 5.76. The molecule has 0 amide bonds. The molecule has 0 aliphatic carbocycles. The van der Waals surface area contributed by atoms with E-state index in [1.807, 2.05) is 24.3 Å². The van der Waals surface area contributed by atoms with Gasteiger partial charge in [0.15, 0.2) is 5.16 Å². The van der Waals surface area contributed by atoms with Crippen LogP contribution in [0.2, 0.25) is 5.28 Å². The number of aromatic nitrogens is 3. The summed E-state index contributed by atoms with van der Waals surface area (Å²) in [6.45, 7) is 0. The van der Waals surface area contributed by atoms with Crippen molar-refractivity contribution in [1.82, 2.24) is 15.0 Å². The molecule has 0 radical (unpaired) electrons. The highest BCUT2D eigenvalue weighted by molar-refractivity contribution is 9.10. The third-order valence-corrected chi connectivity index (χ3v) is 3.27. The summed E-state index contributed by atoms with van der Waals surface area (Å²) in [7, 11) is 1.49. The zero-order valence-corrected chi connectivity index (χ0v) is 11.9. The number of hydrogen-bond acceptors (Lipinski definition) is 5. The Bertz CT molecular complexity index is 541. The standard InChI is InChI=1S/C10H7BrClN3OS/c1-16-9-13-8(12)14-10(15-9)17-7-4-2-3-6(11)5-7/h2-5H,1H3. The van der Waals surface area contributed by atoms with Gasteiger partial charge in [0.25, 0.3) is 0 Å². The van der Waals surface area contributed by atoms with E-state index < -0.39 is 0 Å². The smallest absolute Gasteiger partial charge is 0.321 e.